The molecule has 0 radical (unpaired) electrons. The fourth-order valence-corrected chi connectivity index (χ4v) is 7.64. The smallest absolute Gasteiger partial charge is 0.190 e. The summed E-state index contributed by atoms with van der Waals surface area (Å²) < 4.78 is 0. The van der Waals surface area contributed by atoms with Crippen LogP contribution >= 0.6 is 0 Å². The van der Waals surface area contributed by atoms with Crippen molar-refractivity contribution in [1.82, 2.24) is 0 Å². The van der Waals surface area contributed by atoms with Crippen molar-refractivity contribution >= 4 is 11.6 Å². The summed E-state index contributed by atoms with van der Waals surface area (Å²) in [5.74, 6) is 0.380. The molecular formula is C25H42O6. The predicted molar refractivity (Wildman–Crippen MR) is 117 cm³/mol. The fraction of sp³-hybridized carbons (Fsp3) is 0.920. The van der Waals surface area contributed by atoms with Crippen molar-refractivity contribution in [3.05, 3.63) is 0 Å². The molecule has 4 fully saturated rings. The van der Waals surface area contributed by atoms with Crippen LogP contribution in [0.25, 0.3) is 0 Å². The summed E-state index contributed by atoms with van der Waals surface area (Å²) in [6.07, 6.45) is 6.22. The highest BCUT2D eigenvalue weighted by molar-refractivity contribution is 5.92. The summed E-state index contributed by atoms with van der Waals surface area (Å²) in [7, 11) is 0. The molecule has 4 N–H and O–H groups in total. The van der Waals surface area contributed by atoms with E-state index in [2.05, 4.69) is 6.92 Å². The highest BCUT2D eigenvalue weighted by Gasteiger charge is 2.68. The van der Waals surface area contributed by atoms with Crippen molar-refractivity contribution in [3.8, 4) is 0 Å². The lowest BCUT2D eigenvalue weighted by molar-refractivity contribution is -0.180. The Morgan fingerprint density at radius 2 is 1.81 bits per heavy atom. The molecule has 0 amide bonds. The lowest BCUT2D eigenvalue weighted by atomic mass is 9.44. The van der Waals surface area contributed by atoms with E-state index in [1.807, 2.05) is 13.8 Å². The van der Waals surface area contributed by atoms with E-state index in [-0.39, 0.29) is 47.6 Å². The Bertz CT molecular complexity index is 691. The maximum absolute atomic E-state index is 13.4. The first-order valence-electron chi connectivity index (χ1n) is 12.2. The van der Waals surface area contributed by atoms with Crippen molar-refractivity contribution in [2.24, 2.45) is 34.5 Å². The van der Waals surface area contributed by atoms with Crippen LogP contribution in [0.2, 0.25) is 0 Å². The van der Waals surface area contributed by atoms with E-state index < -0.39 is 23.4 Å². The minimum absolute atomic E-state index is 0.0154. The molecule has 0 bridgehead atoms. The van der Waals surface area contributed by atoms with Gasteiger partial charge in [0.05, 0.1) is 12.2 Å². The summed E-state index contributed by atoms with van der Waals surface area (Å²) in [4.78, 5) is 25.7. The molecule has 0 aromatic rings. The second-order valence-electron chi connectivity index (χ2n) is 11.3. The first-order chi connectivity index (χ1) is 14.4. The molecule has 31 heavy (non-hydrogen) atoms. The highest BCUT2D eigenvalue weighted by Crippen LogP contribution is 2.67. The molecule has 4 aliphatic rings. The number of Topliss-reactive ketones (excluding diaryl/α,β-unsaturated/α-hetero) is 2. The molecule has 0 heterocycles. The normalized spacial score (nSPS) is 47.4. The van der Waals surface area contributed by atoms with E-state index in [9.17, 15) is 24.9 Å². The zero-order valence-corrected chi connectivity index (χ0v) is 19.6. The first-order valence-corrected chi connectivity index (χ1v) is 12.2. The number of hydrogen-bond donors (Lipinski definition) is 4. The summed E-state index contributed by atoms with van der Waals surface area (Å²) in [5, 5.41) is 39.0. The molecule has 1 unspecified atom stereocenters. The molecular weight excluding hydrogens is 396 g/mol. The summed E-state index contributed by atoms with van der Waals surface area (Å²) in [6, 6.07) is 0. The average Bonchev–Trinajstić information content (AvgIpc) is 2.99. The summed E-state index contributed by atoms with van der Waals surface area (Å²) in [6.45, 7) is 7.19. The van der Waals surface area contributed by atoms with Gasteiger partial charge in [0.25, 0.3) is 0 Å². The maximum Gasteiger partial charge on any atom is 0.190 e. The largest absolute Gasteiger partial charge is 0.393 e. The van der Waals surface area contributed by atoms with Crippen LogP contribution in [-0.2, 0) is 9.59 Å². The van der Waals surface area contributed by atoms with Crippen molar-refractivity contribution < 1.29 is 30.0 Å². The lowest BCUT2D eigenvalue weighted by Crippen LogP contribution is -2.62. The van der Waals surface area contributed by atoms with Crippen LogP contribution in [0.4, 0.5) is 0 Å². The Morgan fingerprint density at radius 3 is 2.39 bits per heavy atom. The number of fused-ring (bicyclic) bond motifs is 5. The molecule has 0 saturated heterocycles. The summed E-state index contributed by atoms with van der Waals surface area (Å²) >= 11 is 0. The third-order valence-corrected chi connectivity index (χ3v) is 9.67. The van der Waals surface area contributed by atoms with Crippen molar-refractivity contribution in [1.29, 1.82) is 0 Å². The molecule has 4 aliphatic carbocycles. The van der Waals surface area contributed by atoms with Crippen LogP contribution in [0.3, 0.4) is 0 Å². The van der Waals surface area contributed by atoms with E-state index in [1.54, 1.807) is 6.92 Å². The minimum atomic E-state index is -1.58. The molecule has 4 rings (SSSR count). The Kier molecular flexibility index (Phi) is 7.08. The molecule has 178 valence electrons. The van der Waals surface area contributed by atoms with Crippen molar-refractivity contribution in [2.45, 2.75) is 103 Å². The molecule has 9 atom stereocenters. The van der Waals surface area contributed by atoms with Gasteiger partial charge < -0.3 is 20.4 Å². The lowest BCUT2D eigenvalue weighted by Gasteiger charge is -2.60. The second-order valence-corrected chi connectivity index (χ2v) is 11.3. The van der Waals surface area contributed by atoms with Crippen LogP contribution < -0.4 is 0 Å². The van der Waals surface area contributed by atoms with E-state index >= 15 is 0 Å². The van der Waals surface area contributed by atoms with Gasteiger partial charge in [-0.1, -0.05) is 20.8 Å². The topological polar surface area (TPSA) is 115 Å². The quantitative estimate of drug-likeness (QED) is 0.538. The first kappa shape index (κ1) is 24.8. The van der Waals surface area contributed by atoms with Gasteiger partial charge in [-0.25, -0.2) is 0 Å². The van der Waals surface area contributed by atoms with Gasteiger partial charge in [0.15, 0.2) is 5.78 Å². The highest BCUT2D eigenvalue weighted by atomic mass is 16.3. The van der Waals surface area contributed by atoms with Gasteiger partial charge in [0, 0.05) is 17.8 Å². The number of carbonyl (C=O) groups is 2. The number of carbonyl (C=O) groups excluding carboxylic acids is 2. The van der Waals surface area contributed by atoms with E-state index in [4.69, 9.17) is 5.11 Å². The van der Waals surface area contributed by atoms with Crippen LogP contribution in [0.1, 0.15) is 85.5 Å². The number of ketones is 2. The Balaban J connectivity index is 0.000000491. The van der Waals surface area contributed by atoms with E-state index in [0.29, 0.717) is 12.3 Å². The van der Waals surface area contributed by atoms with Crippen LogP contribution in [0.15, 0.2) is 0 Å². The van der Waals surface area contributed by atoms with Gasteiger partial charge in [-0.05, 0) is 81.5 Å². The molecule has 6 heteroatoms. The van der Waals surface area contributed by atoms with Gasteiger partial charge in [-0.3, -0.25) is 9.59 Å². The molecule has 0 spiro atoms. The monoisotopic (exact) mass is 438 g/mol. The van der Waals surface area contributed by atoms with E-state index in [1.165, 1.54) is 0 Å². The standard InChI is InChI=1S/C21H32O5.C4H10O/c1-19-7-5-13(23)9-12(19)3-4-14-15-6-8-21(26,17(25)11-22)20(15,2)10-16(24)18(14)19;1-3-4(2)5/h12-15,18,22-23,26H,3-11H2,1-2H3;4-5H,3H2,1-2H3/t12-,13-,14+,15+,18-,19+,20+,21+;/m1./s1. The number of aliphatic hydroxyl groups is 4. The zero-order chi connectivity index (χ0) is 23.2. The van der Waals surface area contributed by atoms with Crippen molar-refractivity contribution in [2.75, 3.05) is 6.61 Å². The number of hydrogen-bond acceptors (Lipinski definition) is 6. The maximum atomic E-state index is 13.4. The predicted octanol–water partition coefficient (Wildman–Crippen LogP) is 2.64. The zero-order valence-electron chi connectivity index (χ0n) is 19.6. The molecule has 0 aromatic carbocycles. The third-order valence-electron chi connectivity index (χ3n) is 9.67. The van der Waals surface area contributed by atoms with Crippen molar-refractivity contribution in [3.63, 3.8) is 0 Å². The van der Waals surface area contributed by atoms with Crippen LogP contribution in [0.5, 0.6) is 0 Å². The van der Waals surface area contributed by atoms with Crippen LogP contribution in [-0.4, -0.2) is 56.4 Å². The number of aliphatic hydroxyl groups excluding tert-OH is 3. The van der Waals surface area contributed by atoms with Gasteiger partial charge in [-0.2, -0.15) is 0 Å². The molecule has 4 saturated carbocycles. The van der Waals surface area contributed by atoms with Crippen LogP contribution in [0, 0.1) is 34.5 Å². The SMILES string of the molecule is CCC(C)O.C[C@]12CC[C@@H](O)C[C@H]1CC[C@@H]1[C@@H]2C(=O)C[C@@]2(C)[C@H]1CC[C@]2(O)C(=O)CO. The molecule has 0 aromatic heterocycles. The Hall–Kier alpha value is -0.820. The molecule has 0 aliphatic heterocycles. The van der Waals surface area contributed by atoms with E-state index in [0.717, 1.165) is 44.9 Å². The Labute approximate surface area is 186 Å². The minimum Gasteiger partial charge on any atom is -0.393 e. The number of rotatable bonds is 3. The van der Waals surface area contributed by atoms with Gasteiger partial charge in [0.1, 0.15) is 18.0 Å². The fourth-order valence-electron chi connectivity index (χ4n) is 7.64. The molecule has 6 nitrogen and oxygen atoms in total. The van der Waals surface area contributed by atoms with Gasteiger partial charge >= 0.3 is 0 Å². The second kappa shape index (κ2) is 8.85. The summed E-state index contributed by atoms with van der Waals surface area (Å²) in [5.41, 5.74) is -2.40. The van der Waals surface area contributed by atoms with Gasteiger partial charge in [0.2, 0.25) is 0 Å². The van der Waals surface area contributed by atoms with Gasteiger partial charge in [-0.15, -0.1) is 0 Å². The Morgan fingerprint density at radius 1 is 1.16 bits per heavy atom. The third kappa shape index (κ3) is 3.92. The average molecular weight is 439 g/mol.